The molecule has 0 amide bonds. The Morgan fingerprint density at radius 2 is 0.920 bits per heavy atom. The van der Waals surface area contributed by atoms with Gasteiger partial charge in [-0.25, -0.2) is 14.0 Å². The molecule has 0 N–H and O–H groups in total. The Bertz CT molecular complexity index is 1910. The summed E-state index contributed by atoms with van der Waals surface area (Å²) < 4.78 is 35.9. The SMILES string of the molecule is C=C(C)C(=O)OCCOc1ccc(N=Nc2ccc(N=Nc3cc(C)c(N=Nc4ccc(OCCOC(=O)C(=C)C)cc4)cc3F)cc2)cc1. The Balaban J connectivity index is 1.26. The number of carbonyl (C=O) groups is 2. The fourth-order valence-corrected chi connectivity index (χ4v) is 3.82. The van der Waals surface area contributed by atoms with Crippen LogP contribution in [0.4, 0.5) is 38.5 Å². The van der Waals surface area contributed by atoms with E-state index >= 15 is 0 Å². The fourth-order valence-electron chi connectivity index (χ4n) is 3.82. The quantitative estimate of drug-likeness (QED) is 0.0499. The molecule has 50 heavy (non-hydrogen) atoms. The molecule has 4 rings (SSSR count). The largest absolute Gasteiger partial charge is 0.490 e. The van der Waals surface area contributed by atoms with Crippen LogP contribution in [0.1, 0.15) is 19.4 Å². The van der Waals surface area contributed by atoms with Crippen LogP contribution >= 0.6 is 0 Å². The molecule has 0 radical (unpaired) electrons. The number of esters is 2. The van der Waals surface area contributed by atoms with E-state index in [2.05, 4.69) is 43.8 Å². The Kier molecular flexibility index (Phi) is 13.3. The number of benzene rings is 4. The van der Waals surface area contributed by atoms with Crippen molar-refractivity contribution in [1.29, 1.82) is 0 Å². The number of ether oxygens (including phenoxy) is 4. The van der Waals surface area contributed by atoms with Gasteiger partial charge in [0.1, 0.15) is 43.6 Å². The minimum absolute atomic E-state index is 0.0564. The van der Waals surface area contributed by atoms with Crippen molar-refractivity contribution < 1.29 is 32.9 Å². The molecule has 256 valence electrons. The van der Waals surface area contributed by atoms with Crippen LogP contribution in [0.15, 0.2) is 140 Å². The lowest BCUT2D eigenvalue weighted by Gasteiger charge is -2.07. The van der Waals surface area contributed by atoms with Crippen LogP contribution in [0.25, 0.3) is 0 Å². The zero-order chi connectivity index (χ0) is 35.9. The molecule has 4 aromatic rings. The third kappa shape index (κ3) is 11.7. The number of aryl methyl sites for hydroxylation is 1. The van der Waals surface area contributed by atoms with Crippen LogP contribution in [0.2, 0.25) is 0 Å². The maximum absolute atomic E-state index is 14.9. The summed E-state index contributed by atoms with van der Waals surface area (Å²) in [7, 11) is 0. The van der Waals surface area contributed by atoms with Crippen molar-refractivity contribution in [3.05, 3.63) is 121 Å². The van der Waals surface area contributed by atoms with E-state index < -0.39 is 17.8 Å². The molecule has 0 aliphatic rings. The van der Waals surface area contributed by atoms with E-state index in [0.29, 0.717) is 56.6 Å². The van der Waals surface area contributed by atoms with E-state index in [9.17, 15) is 14.0 Å². The summed E-state index contributed by atoms with van der Waals surface area (Å²) in [4.78, 5) is 22.8. The van der Waals surface area contributed by atoms with E-state index in [-0.39, 0.29) is 32.1 Å². The standard InChI is InChI=1S/C37H35FN6O6/c1-24(2)36(45)49-20-18-47-31-14-10-29(11-15-31)40-39-27-6-8-28(9-7-27)42-44-35-22-26(5)34(23-33(35)38)43-41-30-12-16-32(17-13-30)48-19-21-50-37(46)25(3)4/h6-17,22-23H,1,3,18-21H2,2,4-5H3. The number of halogens is 1. The molecule has 0 fully saturated rings. The van der Waals surface area contributed by atoms with E-state index in [1.54, 1.807) is 99.6 Å². The second-order valence-corrected chi connectivity index (χ2v) is 10.7. The lowest BCUT2D eigenvalue weighted by Crippen LogP contribution is -2.12. The summed E-state index contributed by atoms with van der Waals surface area (Å²) in [6.45, 7) is 12.6. The van der Waals surface area contributed by atoms with Gasteiger partial charge in [-0.1, -0.05) is 13.2 Å². The van der Waals surface area contributed by atoms with Crippen LogP contribution in [-0.2, 0) is 19.1 Å². The summed E-state index contributed by atoms with van der Waals surface area (Å²) in [5, 5.41) is 25.0. The van der Waals surface area contributed by atoms with Crippen LogP contribution in [0.3, 0.4) is 0 Å². The Morgan fingerprint density at radius 1 is 0.560 bits per heavy atom. The average Bonchev–Trinajstić information content (AvgIpc) is 3.11. The molecule has 0 saturated carbocycles. The zero-order valence-electron chi connectivity index (χ0n) is 27.8. The van der Waals surface area contributed by atoms with Crippen LogP contribution < -0.4 is 9.47 Å². The number of azo groups is 3. The van der Waals surface area contributed by atoms with E-state index in [0.717, 1.165) is 0 Å². The minimum atomic E-state index is -0.600. The first-order valence-electron chi connectivity index (χ1n) is 15.3. The van der Waals surface area contributed by atoms with Crippen molar-refractivity contribution in [1.82, 2.24) is 0 Å². The normalized spacial score (nSPS) is 11.2. The smallest absolute Gasteiger partial charge is 0.333 e. The first kappa shape index (κ1) is 36.5. The topological polar surface area (TPSA) is 145 Å². The highest BCUT2D eigenvalue weighted by Gasteiger charge is 2.08. The maximum Gasteiger partial charge on any atom is 0.333 e. The molecule has 13 heteroatoms. The molecule has 0 bridgehead atoms. The molecule has 0 saturated heterocycles. The number of rotatable bonds is 16. The van der Waals surface area contributed by atoms with Gasteiger partial charge < -0.3 is 18.9 Å². The van der Waals surface area contributed by atoms with Gasteiger partial charge >= 0.3 is 11.9 Å². The summed E-state index contributed by atoms with van der Waals surface area (Å²) in [5.74, 6) is -0.355. The molecule has 0 aliphatic heterocycles. The van der Waals surface area contributed by atoms with Gasteiger partial charge in [0.25, 0.3) is 0 Å². The molecule has 4 aromatic carbocycles. The molecule has 0 spiro atoms. The number of hydrogen-bond acceptors (Lipinski definition) is 12. The van der Waals surface area contributed by atoms with E-state index in [4.69, 9.17) is 18.9 Å². The van der Waals surface area contributed by atoms with Crippen LogP contribution in [-0.4, -0.2) is 38.4 Å². The van der Waals surface area contributed by atoms with Crippen molar-refractivity contribution in [2.75, 3.05) is 26.4 Å². The van der Waals surface area contributed by atoms with Crippen molar-refractivity contribution in [2.45, 2.75) is 20.8 Å². The molecule has 0 heterocycles. The minimum Gasteiger partial charge on any atom is -0.490 e. The predicted octanol–water partition coefficient (Wildman–Crippen LogP) is 10.4. The lowest BCUT2D eigenvalue weighted by atomic mass is 10.2. The lowest BCUT2D eigenvalue weighted by molar-refractivity contribution is -0.140. The second kappa shape index (κ2) is 18.2. The average molecular weight is 679 g/mol. The van der Waals surface area contributed by atoms with Crippen molar-refractivity contribution in [3.8, 4) is 11.5 Å². The summed E-state index contributed by atoms with van der Waals surface area (Å²) in [6.07, 6.45) is 0. The Labute approximate surface area is 288 Å². The van der Waals surface area contributed by atoms with Gasteiger partial charge in [-0.3, -0.25) is 0 Å². The van der Waals surface area contributed by atoms with Crippen molar-refractivity contribution in [2.24, 2.45) is 30.7 Å². The molecular weight excluding hydrogens is 643 g/mol. The predicted molar refractivity (Wildman–Crippen MR) is 186 cm³/mol. The second-order valence-electron chi connectivity index (χ2n) is 10.7. The first-order valence-corrected chi connectivity index (χ1v) is 15.3. The van der Waals surface area contributed by atoms with E-state index in [1.165, 1.54) is 6.07 Å². The fraction of sp³-hybridized carbons (Fsp3) is 0.189. The summed E-state index contributed by atoms with van der Waals surface area (Å²) >= 11 is 0. The third-order valence-electron chi connectivity index (χ3n) is 6.48. The molecule has 0 unspecified atom stereocenters. The van der Waals surface area contributed by atoms with Gasteiger partial charge in [0.15, 0.2) is 5.82 Å². The highest BCUT2D eigenvalue weighted by molar-refractivity contribution is 5.87. The number of carbonyl (C=O) groups excluding carboxylic acids is 2. The highest BCUT2D eigenvalue weighted by atomic mass is 19.1. The summed E-state index contributed by atoms with van der Waals surface area (Å²) in [6, 6.07) is 23.4. The van der Waals surface area contributed by atoms with E-state index in [1.807, 2.05) is 0 Å². The van der Waals surface area contributed by atoms with Gasteiger partial charge in [0.05, 0.1) is 28.4 Å². The van der Waals surface area contributed by atoms with Crippen molar-refractivity contribution in [3.63, 3.8) is 0 Å². The molecule has 0 aliphatic carbocycles. The van der Waals surface area contributed by atoms with Gasteiger partial charge in [-0.2, -0.15) is 25.6 Å². The van der Waals surface area contributed by atoms with Gasteiger partial charge in [-0.05, 0) is 105 Å². The monoisotopic (exact) mass is 678 g/mol. The van der Waals surface area contributed by atoms with Gasteiger partial charge in [0, 0.05) is 17.2 Å². The van der Waals surface area contributed by atoms with Gasteiger partial charge in [-0.15, -0.1) is 5.11 Å². The van der Waals surface area contributed by atoms with Crippen molar-refractivity contribution >= 4 is 46.1 Å². The van der Waals surface area contributed by atoms with Crippen LogP contribution in [0.5, 0.6) is 11.5 Å². The Morgan fingerprint density at radius 3 is 1.32 bits per heavy atom. The molecule has 12 nitrogen and oxygen atoms in total. The molecular formula is C37H35FN6O6. The number of nitrogens with zero attached hydrogens (tertiary/aromatic N) is 6. The molecule has 0 aromatic heterocycles. The molecule has 0 atom stereocenters. The zero-order valence-corrected chi connectivity index (χ0v) is 27.8. The first-order chi connectivity index (χ1) is 24.1. The van der Waals surface area contributed by atoms with Gasteiger partial charge in [0.2, 0.25) is 0 Å². The summed E-state index contributed by atoms with van der Waals surface area (Å²) in [5.41, 5.74) is 3.96. The van der Waals surface area contributed by atoms with Crippen LogP contribution in [0, 0.1) is 12.7 Å². The Hall–Kier alpha value is -6.37. The third-order valence-corrected chi connectivity index (χ3v) is 6.48. The highest BCUT2D eigenvalue weighted by Crippen LogP contribution is 2.31. The number of hydrogen-bond donors (Lipinski definition) is 0. The maximum atomic E-state index is 14.9.